The summed E-state index contributed by atoms with van der Waals surface area (Å²) in [7, 11) is 0. The van der Waals surface area contributed by atoms with Crippen LogP contribution < -0.4 is 0 Å². The minimum absolute atomic E-state index is 0.0632. The molecule has 0 spiro atoms. The molecule has 1 saturated carbocycles. The molecule has 4 rings (SSSR count). The molecule has 2 aliphatic carbocycles. The van der Waals surface area contributed by atoms with E-state index < -0.39 is 11.7 Å². The Morgan fingerprint density at radius 1 is 1.16 bits per heavy atom. The van der Waals surface area contributed by atoms with Crippen molar-refractivity contribution in [3.05, 3.63) is 75.5 Å². The molecule has 25 heavy (non-hydrogen) atoms. The summed E-state index contributed by atoms with van der Waals surface area (Å²) in [6, 6.07) is 4.83. The number of ketones is 1. The summed E-state index contributed by atoms with van der Waals surface area (Å²) in [6.07, 6.45) is 2.44. The molecule has 0 aromatic heterocycles. The average molecular weight is 341 g/mol. The Balaban J connectivity index is 1.66. The Bertz CT molecular complexity index is 938. The predicted molar refractivity (Wildman–Crippen MR) is 90.0 cm³/mol. The number of allylic oxidation sites excluding steroid dienone is 6. The second-order valence-electron chi connectivity index (χ2n) is 6.35. The first-order valence-corrected chi connectivity index (χ1v) is 7.96. The lowest BCUT2D eigenvalue weighted by molar-refractivity contribution is -0.137. The van der Waals surface area contributed by atoms with Gasteiger partial charge < -0.3 is 0 Å². The van der Waals surface area contributed by atoms with Crippen LogP contribution in [0.1, 0.15) is 30.9 Å². The predicted octanol–water partition coefficient (Wildman–Crippen LogP) is 5.05. The Kier molecular flexibility index (Phi) is 3.42. The van der Waals surface area contributed by atoms with E-state index >= 15 is 0 Å². The van der Waals surface area contributed by atoms with E-state index in [4.69, 9.17) is 0 Å². The van der Waals surface area contributed by atoms with Gasteiger partial charge in [-0.25, -0.2) is 0 Å². The molecule has 1 fully saturated rings. The Labute approximate surface area is 142 Å². The number of alkyl halides is 3. The van der Waals surface area contributed by atoms with Crippen molar-refractivity contribution in [2.75, 3.05) is 0 Å². The molecule has 0 bridgehead atoms. The van der Waals surface area contributed by atoms with Gasteiger partial charge in [0, 0.05) is 17.6 Å². The van der Waals surface area contributed by atoms with E-state index in [1.807, 2.05) is 19.1 Å². The summed E-state index contributed by atoms with van der Waals surface area (Å²) in [4.78, 5) is 17.3. The van der Waals surface area contributed by atoms with Crippen LogP contribution in [0.4, 0.5) is 13.2 Å². The summed E-state index contributed by atoms with van der Waals surface area (Å²) in [6.45, 7) is 1.97. The molecular weight excluding hydrogens is 327 g/mol. The number of aliphatic imine (C=N–C) groups is 1. The second kappa shape index (κ2) is 5.41. The Morgan fingerprint density at radius 2 is 1.88 bits per heavy atom. The number of Topliss-reactive ketones (excluding diaryl/α,β-unsaturated/α-hetero) is 1. The van der Waals surface area contributed by atoms with Crippen LogP contribution in [0.2, 0.25) is 0 Å². The summed E-state index contributed by atoms with van der Waals surface area (Å²) < 4.78 is 37.9. The number of carbonyl (C=O) groups is 1. The van der Waals surface area contributed by atoms with Crippen molar-refractivity contribution in [3.8, 4) is 0 Å². The lowest BCUT2D eigenvalue weighted by Crippen LogP contribution is -2.04. The fourth-order valence-electron chi connectivity index (χ4n) is 3.41. The van der Waals surface area contributed by atoms with Crippen LogP contribution in [0.15, 0.2) is 69.4 Å². The normalized spacial score (nSPS) is 21.2. The maximum absolute atomic E-state index is 12.7. The number of nitrogens with zero attached hydrogens (tertiary/aromatic N) is 1. The van der Waals surface area contributed by atoms with Crippen LogP contribution in [-0.4, -0.2) is 11.5 Å². The zero-order valence-corrected chi connectivity index (χ0v) is 13.4. The largest absolute Gasteiger partial charge is 0.416 e. The van der Waals surface area contributed by atoms with Gasteiger partial charge in [0.25, 0.3) is 0 Å². The van der Waals surface area contributed by atoms with Crippen LogP contribution in [0.3, 0.4) is 0 Å². The highest BCUT2D eigenvalue weighted by Crippen LogP contribution is 2.41. The molecule has 5 heteroatoms. The molecule has 0 N–H and O–H groups in total. The van der Waals surface area contributed by atoms with Gasteiger partial charge in [-0.05, 0) is 48.3 Å². The summed E-state index contributed by atoms with van der Waals surface area (Å²) >= 11 is 0. The van der Waals surface area contributed by atoms with E-state index in [1.54, 1.807) is 6.08 Å². The third kappa shape index (κ3) is 2.60. The molecule has 1 aliphatic heterocycles. The first-order chi connectivity index (χ1) is 11.8. The van der Waals surface area contributed by atoms with Crippen LogP contribution in [0.25, 0.3) is 6.08 Å². The first-order valence-electron chi connectivity index (χ1n) is 7.96. The molecule has 0 saturated heterocycles. The monoisotopic (exact) mass is 341 g/mol. The van der Waals surface area contributed by atoms with Gasteiger partial charge in [0.05, 0.1) is 17.0 Å². The molecule has 126 valence electrons. The fraction of sp³-hybridized carbons (Fsp3) is 0.200. The van der Waals surface area contributed by atoms with Gasteiger partial charge in [0.1, 0.15) is 0 Å². The van der Waals surface area contributed by atoms with Gasteiger partial charge in [-0.2, -0.15) is 13.2 Å². The maximum Gasteiger partial charge on any atom is 0.416 e. The van der Waals surface area contributed by atoms with Crippen molar-refractivity contribution >= 4 is 17.6 Å². The zero-order chi connectivity index (χ0) is 17.8. The lowest BCUT2D eigenvalue weighted by atomic mass is 9.95. The molecule has 1 aromatic rings. The van der Waals surface area contributed by atoms with E-state index in [9.17, 15) is 18.0 Å². The number of halogens is 3. The summed E-state index contributed by atoms with van der Waals surface area (Å²) in [5.74, 6) is -0.0632. The number of rotatable bonds is 1. The zero-order valence-electron chi connectivity index (χ0n) is 13.4. The second-order valence-corrected chi connectivity index (χ2v) is 6.35. The number of hydrogen-bond donors (Lipinski definition) is 0. The topological polar surface area (TPSA) is 29.4 Å². The third-order valence-electron chi connectivity index (χ3n) is 4.64. The standard InChI is InChI=1S/C20H14F3NO/c1-11-3-2-4-15-17-16(24-18(11)15)10-13(19(17)25)9-12-5-7-14(8-6-12)20(21,22)23/h2-3,5-9H,4,10H2,1H3. The third-order valence-corrected chi connectivity index (χ3v) is 4.64. The summed E-state index contributed by atoms with van der Waals surface area (Å²) in [5.41, 5.74) is 4.83. The van der Waals surface area contributed by atoms with Crippen molar-refractivity contribution in [2.45, 2.75) is 25.9 Å². The van der Waals surface area contributed by atoms with Crippen LogP contribution in [0.5, 0.6) is 0 Å². The SMILES string of the molecule is CC1=C2N=C3CC(=Cc4ccc(C(F)(F)F)cc4)C(=O)C3=C2CC=C1. The van der Waals surface area contributed by atoms with Gasteiger partial charge in [0.2, 0.25) is 0 Å². The van der Waals surface area contributed by atoms with Crippen LogP contribution in [0, 0.1) is 0 Å². The van der Waals surface area contributed by atoms with E-state index in [2.05, 4.69) is 4.99 Å². The molecule has 0 unspecified atom stereocenters. The first kappa shape index (κ1) is 15.8. The Hall–Kier alpha value is -2.69. The highest BCUT2D eigenvalue weighted by molar-refractivity contribution is 6.38. The fourth-order valence-corrected chi connectivity index (χ4v) is 3.41. The van der Waals surface area contributed by atoms with Gasteiger partial charge in [0.15, 0.2) is 5.78 Å². The van der Waals surface area contributed by atoms with E-state index in [0.29, 0.717) is 29.6 Å². The minimum Gasteiger partial charge on any atom is -0.289 e. The Morgan fingerprint density at radius 3 is 2.56 bits per heavy atom. The van der Waals surface area contributed by atoms with Gasteiger partial charge in [-0.15, -0.1) is 0 Å². The van der Waals surface area contributed by atoms with Gasteiger partial charge in [-0.1, -0.05) is 24.3 Å². The molecule has 0 atom stereocenters. The van der Waals surface area contributed by atoms with Crippen molar-refractivity contribution in [2.24, 2.45) is 4.99 Å². The van der Waals surface area contributed by atoms with Crippen molar-refractivity contribution in [1.82, 2.24) is 0 Å². The van der Waals surface area contributed by atoms with E-state index in [-0.39, 0.29) is 5.78 Å². The molecule has 1 aromatic carbocycles. The number of carbonyl (C=O) groups excluding carboxylic acids is 1. The minimum atomic E-state index is -4.36. The van der Waals surface area contributed by atoms with Crippen LogP contribution in [-0.2, 0) is 11.0 Å². The summed E-state index contributed by atoms with van der Waals surface area (Å²) in [5, 5.41) is 0. The van der Waals surface area contributed by atoms with Crippen molar-refractivity contribution < 1.29 is 18.0 Å². The molecule has 3 aliphatic rings. The number of fused-ring (bicyclic) bond motifs is 2. The van der Waals surface area contributed by atoms with Crippen molar-refractivity contribution in [1.29, 1.82) is 0 Å². The van der Waals surface area contributed by atoms with E-state index in [0.717, 1.165) is 34.7 Å². The number of hydrogen-bond acceptors (Lipinski definition) is 2. The molecular formula is C20H14F3NO. The van der Waals surface area contributed by atoms with Gasteiger partial charge in [-0.3, -0.25) is 9.79 Å². The van der Waals surface area contributed by atoms with E-state index in [1.165, 1.54) is 12.1 Å². The van der Waals surface area contributed by atoms with Gasteiger partial charge >= 0.3 is 6.18 Å². The molecule has 0 radical (unpaired) electrons. The molecule has 0 amide bonds. The smallest absolute Gasteiger partial charge is 0.289 e. The average Bonchev–Trinajstić information content (AvgIpc) is 3.06. The highest BCUT2D eigenvalue weighted by Gasteiger charge is 2.37. The maximum atomic E-state index is 12.7. The van der Waals surface area contributed by atoms with Crippen LogP contribution >= 0.6 is 0 Å². The van der Waals surface area contributed by atoms with Crippen molar-refractivity contribution in [3.63, 3.8) is 0 Å². The molecule has 1 heterocycles. The highest BCUT2D eigenvalue weighted by atomic mass is 19.4. The number of benzene rings is 1. The quantitative estimate of drug-likeness (QED) is 0.658. The lowest BCUT2D eigenvalue weighted by Gasteiger charge is -2.10. The molecule has 2 nitrogen and oxygen atoms in total.